The Balaban J connectivity index is 4.18. The molecule has 0 saturated carbocycles. The molecule has 0 aromatic rings. The molecule has 0 aromatic carbocycles. The van der Waals surface area contributed by atoms with Gasteiger partial charge in [-0.2, -0.15) is 0 Å². The summed E-state index contributed by atoms with van der Waals surface area (Å²) in [5, 5.41) is 3.24. The first kappa shape index (κ1) is 17.2. The van der Waals surface area contributed by atoms with Gasteiger partial charge in [0.15, 0.2) is 0 Å². The average Bonchev–Trinajstić information content (AvgIpc) is 2.19. The third-order valence-electron chi connectivity index (χ3n) is 1.62. The van der Waals surface area contributed by atoms with Crippen LogP contribution in [-0.4, -0.2) is 48.2 Å². The van der Waals surface area contributed by atoms with E-state index in [1.54, 1.807) is 0 Å². The maximum absolute atomic E-state index is 3.24. The van der Waals surface area contributed by atoms with Gasteiger partial charge in [0.2, 0.25) is 0 Å². The first-order chi connectivity index (χ1) is 7.24. The fourth-order valence-electron chi connectivity index (χ4n) is 1.19. The minimum atomic E-state index is -1.95. The monoisotopic (exact) mass is 393 g/mol. The summed E-state index contributed by atoms with van der Waals surface area (Å²) in [6.45, 7) is 6.93. The summed E-state index contributed by atoms with van der Waals surface area (Å²) in [4.78, 5) is 0. The molecule has 0 amide bonds. The fourth-order valence-corrected chi connectivity index (χ4v) is 51.5. The minimum absolute atomic E-state index is 1.11. The number of hydrogen-bond acceptors (Lipinski definition) is 5. The molecule has 0 aliphatic heterocycles. The normalized spacial score (nSPS) is 12.0. The summed E-state index contributed by atoms with van der Waals surface area (Å²) in [6.07, 6.45) is 0. The Bertz CT molecular complexity index is 131. The molecule has 6 heteroatoms. The second-order valence-corrected chi connectivity index (χ2v) is 39.4. The summed E-state index contributed by atoms with van der Waals surface area (Å²) in [5.74, 6) is 5.01. The van der Waals surface area contributed by atoms with E-state index < -0.39 is 14.2 Å². The van der Waals surface area contributed by atoms with E-state index in [-0.39, 0.29) is 0 Å². The van der Waals surface area contributed by atoms with Crippen molar-refractivity contribution in [1.82, 2.24) is 5.32 Å². The summed E-state index contributed by atoms with van der Waals surface area (Å²) in [5.41, 5.74) is 0. The number of nitrogens with one attached hydrogen (secondary N) is 1. The molecule has 0 rings (SSSR count). The zero-order chi connectivity index (χ0) is 11.6. The van der Waals surface area contributed by atoms with Gasteiger partial charge in [-0.1, -0.05) is 0 Å². The summed E-state index contributed by atoms with van der Waals surface area (Å²) in [6, 6.07) is 0. The van der Waals surface area contributed by atoms with Crippen LogP contribution in [0.25, 0.3) is 0 Å². The molecular weight excluding hydrogens is 369 g/mol. The predicted octanol–water partition coefficient (Wildman–Crippen LogP) is 3.63. The fraction of sp³-hybridized carbons (Fsp3) is 1.00. The van der Waals surface area contributed by atoms with Crippen LogP contribution in [0, 0.1) is 0 Å². The van der Waals surface area contributed by atoms with Gasteiger partial charge in [-0.3, -0.25) is 0 Å². The summed E-state index contributed by atoms with van der Waals surface area (Å²) < 4.78 is 1.44. The second kappa shape index (κ2) is 11.3. The third-order valence-corrected chi connectivity index (χ3v) is 49.7. The van der Waals surface area contributed by atoms with Crippen LogP contribution in [0.15, 0.2) is 0 Å². The summed E-state index contributed by atoms with van der Waals surface area (Å²) >= 11 is 0.154. The van der Waals surface area contributed by atoms with Gasteiger partial charge in [-0.25, -0.2) is 0 Å². The third kappa shape index (κ3) is 7.97. The Morgan fingerprint density at radius 2 is 1.40 bits per heavy atom. The van der Waals surface area contributed by atoms with Crippen molar-refractivity contribution in [2.24, 2.45) is 0 Å². The SMILES string of the molecule is CC[S][Sn]([CH2]SCNC)([S]CC)[S]CC. The molecule has 0 bridgehead atoms. The van der Waals surface area contributed by atoms with Crippen molar-refractivity contribution in [3.8, 4) is 0 Å². The Hall–Kier alpha value is 2.16. The molecular formula is C9H23NS4Sn. The van der Waals surface area contributed by atoms with E-state index in [2.05, 4.69) is 64.7 Å². The second-order valence-electron chi connectivity index (χ2n) is 2.83. The van der Waals surface area contributed by atoms with Crippen LogP contribution >= 0.6 is 38.6 Å². The molecule has 0 aliphatic carbocycles. The van der Waals surface area contributed by atoms with E-state index in [0.717, 1.165) is 5.88 Å². The van der Waals surface area contributed by atoms with Crippen molar-refractivity contribution in [2.75, 3.05) is 34.0 Å². The van der Waals surface area contributed by atoms with Gasteiger partial charge in [0.05, 0.1) is 0 Å². The topological polar surface area (TPSA) is 12.0 Å². The van der Waals surface area contributed by atoms with Crippen molar-refractivity contribution < 1.29 is 0 Å². The van der Waals surface area contributed by atoms with Gasteiger partial charge in [0, 0.05) is 0 Å². The molecule has 0 radical (unpaired) electrons. The maximum atomic E-state index is 3.24. The first-order valence-corrected chi connectivity index (χ1v) is 22.0. The molecule has 1 nitrogen and oxygen atoms in total. The number of rotatable bonds is 10. The van der Waals surface area contributed by atoms with Gasteiger partial charge in [0.25, 0.3) is 0 Å². The molecule has 0 fully saturated rings. The molecule has 1 N–H and O–H groups in total. The van der Waals surface area contributed by atoms with E-state index in [1.165, 1.54) is 21.0 Å². The zero-order valence-electron chi connectivity index (χ0n) is 10.2. The molecule has 0 heterocycles. The Morgan fingerprint density at radius 1 is 0.933 bits per heavy atom. The molecule has 0 unspecified atom stereocenters. The van der Waals surface area contributed by atoms with Crippen LogP contribution in [0.4, 0.5) is 0 Å². The average molecular weight is 392 g/mol. The van der Waals surface area contributed by atoms with Crippen molar-refractivity contribution in [3.05, 3.63) is 0 Å². The van der Waals surface area contributed by atoms with Crippen molar-refractivity contribution in [3.63, 3.8) is 0 Å². The van der Waals surface area contributed by atoms with E-state index in [9.17, 15) is 0 Å². The zero-order valence-corrected chi connectivity index (χ0v) is 16.3. The van der Waals surface area contributed by atoms with E-state index in [0.29, 0.717) is 0 Å². The van der Waals surface area contributed by atoms with Gasteiger partial charge in [-0.15, -0.1) is 0 Å². The van der Waals surface area contributed by atoms with Crippen molar-refractivity contribution in [2.45, 2.75) is 20.8 Å². The van der Waals surface area contributed by atoms with Crippen LogP contribution in [-0.2, 0) is 0 Å². The van der Waals surface area contributed by atoms with Gasteiger partial charge < -0.3 is 0 Å². The predicted molar refractivity (Wildman–Crippen MR) is 86.5 cm³/mol. The quantitative estimate of drug-likeness (QED) is 0.345. The van der Waals surface area contributed by atoms with Gasteiger partial charge in [0.1, 0.15) is 0 Å². The molecule has 0 spiro atoms. The Morgan fingerprint density at radius 3 is 1.73 bits per heavy atom. The van der Waals surface area contributed by atoms with Crippen molar-refractivity contribution >= 4 is 52.8 Å². The van der Waals surface area contributed by atoms with E-state index in [1.807, 2.05) is 7.05 Å². The molecule has 0 aliphatic rings. The Kier molecular flexibility index (Phi) is 12.9. The number of hydrogen-bond donors (Lipinski definition) is 1. The van der Waals surface area contributed by atoms with Crippen LogP contribution in [0.3, 0.4) is 0 Å². The first-order valence-electron chi connectivity index (χ1n) is 5.38. The molecule has 0 saturated heterocycles. The molecule has 15 heavy (non-hydrogen) atoms. The molecule has 0 aromatic heterocycles. The van der Waals surface area contributed by atoms with E-state index >= 15 is 0 Å². The van der Waals surface area contributed by atoms with Gasteiger partial charge >= 0.3 is 113 Å². The Labute approximate surface area is 112 Å². The molecule has 0 atom stereocenters. The summed E-state index contributed by atoms with van der Waals surface area (Å²) in [7, 11) is 8.97. The molecule has 92 valence electrons. The number of thioether (sulfide) groups is 1. The standard InChI is InChI=1S/C3H8NS.3C2H6S.Sn/c1-4-3-5-2;3*1-2-3;/h4H,2-3H2,1H3;3*3H,2H2,1H3;/q;;;;+3/p-3. The van der Waals surface area contributed by atoms with Gasteiger partial charge in [-0.05, 0) is 0 Å². The van der Waals surface area contributed by atoms with E-state index in [4.69, 9.17) is 0 Å². The van der Waals surface area contributed by atoms with Crippen LogP contribution in [0.1, 0.15) is 20.8 Å². The van der Waals surface area contributed by atoms with Crippen LogP contribution < -0.4 is 5.32 Å². The van der Waals surface area contributed by atoms with Crippen LogP contribution in [0.2, 0.25) is 0 Å². The van der Waals surface area contributed by atoms with Crippen LogP contribution in [0.5, 0.6) is 0 Å². The van der Waals surface area contributed by atoms with Crippen molar-refractivity contribution in [1.29, 1.82) is 0 Å².